The molecule has 19 heterocycles. The number of morpholine rings is 4. The van der Waals surface area contributed by atoms with Gasteiger partial charge in [0.05, 0.1) is 95.1 Å². The van der Waals surface area contributed by atoms with Gasteiger partial charge in [-0.3, -0.25) is 9.59 Å². The SMILES string of the molecule is Cc1ccc(C(=O)N2CCC(n3cnc4c(-c5cnc(N)nc5)nc(N5CCOCC5)nc43)C2)s1.Nc1ncc(-c2nc(N3CCOCC3)nc3c2ncn3C2CCN(C(=O)c3ccccc3)C2)cn1.Nc1ncc(-c2nc(N3CCOCC3)nc3c2ncn3C2CCc3ccccc3C2)cn1.Nc1ncc(-c2nc(N3CCOCC3)nc3c2ncn3C2Cc3ccccc3C2)cn1. The molecular formula is C92H96N34O6S. The number of fused-ring (bicyclic) bond motifs is 6. The second-order valence-electron chi connectivity index (χ2n) is 33.7. The van der Waals surface area contributed by atoms with Gasteiger partial charge in [0.2, 0.25) is 47.6 Å². The summed E-state index contributed by atoms with van der Waals surface area (Å²) in [6.45, 7) is 15.6. The number of benzene rings is 3. The number of aryl methyl sites for hydroxylation is 2. The van der Waals surface area contributed by atoms with Crippen LogP contribution in [0, 0.1) is 6.92 Å². The molecule has 2 aliphatic carbocycles. The minimum absolute atomic E-state index is 0.0425. The maximum atomic E-state index is 13.0. The molecule has 40 nitrogen and oxygen atoms in total. The van der Waals surface area contributed by atoms with Crippen molar-refractivity contribution in [3.8, 4) is 45.0 Å². The van der Waals surface area contributed by atoms with E-state index in [0.717, 1.165) is 148 Å². The molecule has 0 spiro atoms. The Morgan fingerprint density at radius 3 is 0.985 bits per heavy atom. The second kappa shape index (κ2) is 37.5. The number of carbonyl (C=O) groups excluding carboxylic acids is 2. The molecule has 133 heavy (non-hydrogen) atoms. The smallest absolute Gasteiger partial charge is 0.263 e. The quantitative estimate of drug-likeness (QED) is 0.0793. The number of nitrogens with two attached hydrogens (primary N) is 4. The zero-order valence-corrected chi connectivity index (χ0v) is 73.9. The molecule has 3 aromatic carbocycles. The molecule has 0 bridgehead atoms. The molecule has 0 saturated carbocycles. The monoisotopic (exact) mass is 1800 g/mol. The molecule has 0 radical (unpaired) electrons. The fourth-order valence-electron chi connectivity index (χ4n) is 18.4. The first kappa shape index (κ1) is 84.9. The van der Waals surface area contributed by atoms with Gasteiger partial charge in [0.25, 0.3) is 11.8 Å². The average molecular weight is 1810 g/mol. The van der Waals surface area contributed by atoms with E-state index < -0.39 is 0 Å². The Kier molecular flexibility index (Phi) is 23.9. The molecule has 6 aliphatic heterocycles. The number of aromatic nitrogens is 24. The van der Waals surface area contributed by atoms with Crippen LogP contribution < -0.4 is 42.5 Å². The van der Waals surface area contributed by atoms with Crippen LogP contribution >= 0.6 is 11.3 Å². The van der Waals surface area contributed by atoms with Crippen molar-refractivity contribution >= 4 is 115 Å². The summed E-state index contributed by atoms with van der Waals surface area (Å²) in [4.78, 5) is 132. The van der Waals surface area contributed by atoms with E-state index in [1.54, 1.807) is 62.2 Å². The summed E-state index contributed by atoms with van der Waals surface area (Å²) in [6.07, 6.45) is 27.5. The Morgan fingerprint density at radius 2 is 0.639 bits per heavy atom. The summed E-state index contributed by atoms with van der Waals surface area (Å²) in [5, 5.41) is 0. The Balaban J connectivity index is 0.000000107. The van der Waals surface area contributed by atoms with E-state index in [1.165, 1.54) is 33.6 Å². The van der Waals surface area contributed by atoms with Gasteiger partial charge in [-0.25, -0.2) is 79.7 Å². The lowest BCUT2D eigenvalue weighted by Gasteiger charge is -2.28. The van der Waals surface area contributed by atoms with Crippen molar-refractivity contribution in [2.24, 2.45) is 0 Å². The van der Waals surface area contributed by atoms with E-state index >= 15 is 0 Å². The maximum absolute atomic E-state index is 13.0. The summed E-state index contributed by atoms with van der Waals surface area (Å²) < 4.78 is 30.6. The summed E-state index contributed by atoms with van der Waals surface area (Å²) in [7, 11) is 0. The number of ether oxygens (including phenoxy) is 4. The molecule has 8 aliphatic rings. The van der Waals surface area contributed by atoms with E-state index in [-0.39, 0.29) is 53.7 Å². The molecule has 3 unspecified atom stereocenters. The van der Waals surface area contributed by atoms with Gasteiger partial charge in [-0.05, 0) is 98.4 Å². The van der Waals surface area contributed by atoms with Gasteiger partial charge in [0.1, 0.15) is 44.8 Å². The van der Waals surface area contributed by atoms with Crippen molar-refractivity contribution in [1.29, 1.82) is 0 Å². The van der Waals surface area contributed by atoms with E-state index in [0.29, 0.717) is 163 Å². The van der Waals surface area contributed by atoms with E-state index in [9.17, 15) is 9.59 Å². The molecule has 13 aromatic heterocycles. The number of carbonyl (C=O) groups is 2. The van der Waals surface area contributed by atoms with Crippen LogP contribution in [0.3, 0.4) is 0 Å². The lowest BCUT2D eigenvalue weighted by molar-refractivity contribution is 0.0782. The number of nitrogens with zero attached hydrogens (tertiary/aromatic N) is 30. The van der Waals surface area contributed by atoms with Crippen molar-refractivity contribution in [3.05, 3.63) is 203 Å². The molecule has 2 amide bonds. The molecule has 6 saturated heterocycles. The Bertz CT molecular complexity index is 6850. The molecule has 676 valence electrons. The van der Waals surface area contributed by atoms with Crippen molar-refractivity contribution < 1.29 is 28.5 Å². The van der Waals surface area contributed by atoms with Crippen LogP contribution in [0.25, 0.3) is 89.7 Å². The first-order valence-corrected chi connectivity index (χ1v) is 45.5. The third kappa shape index (κ3) is 17.8. The van der Waals surface area contributed by atoms with Crippen LogP contribution in [-0.2, 0) is 44.6 Å². The lowest BCUT2D eigenvalue weighted by atomic mass is 9.88. The number of anilines is 8. The van der Waals surface area contributed by atoms with Crippen LogP contribution in [0.2, 0.25) is 0 Å². The van der Waals surface area contributed by atoms with E-state index in [4.69, 9.17) is 91.7 Å². The van der Waals surface area contributed by atoms with Gasteiger partial charge in [-0.15, -0.1) is 11.3 Å². The molecule has 8 N–H and O–H groups in total. The molecule has 3 atom stereocenters. The number of imidazole rings is 4. The maximum Gasteiger partial charge on any atom is 0.263 e. The van der Waals surface area contributed by atoms with Crippen LogP contribution in [0.5, 0.6) is 0 Å². The van der Waals surface area contributed by atoms with Gasteiger partial charge in [-0.2, -0.15) is 19.9 Å². The summed E-state index contributed by atoms with van der Waals surface area (Å²) in [5.41, 5.74) is 40.9. The summed E-state index contributed by atoms with van der Waals surface area (Å²) >= 11 is 1.53. The third-order valence-electron chi connectivity index (χ3n) is 25.4. The predicted octanol–water partition coefficient (Wildman–Crippen LogP) is 8.42. The molecule has 6 fully saturated rings. The normalized spacial score (nSPS) is 18.1. The number of thiophene rings is 1. The van der Waals surface area contributed by atoms with Crippen LogP contribution in [0.1, 0.15) is 90.6 Å². The summed E-state index contributed by atoms with van der Waals surface area (Å²) in [5.74, 6) is 3.60. The van der Waals surface area contributed by atoms with Gasteiger partial charge < -0.3 is 89.5 Å². The topological polar surface area (TPSA) is 472 Å². The van der Waals surface area contributed by atoms with Crippen molar-refractivity contribution in [2.45, 2.75) is 76.0 Å². The van der Waals surface area contributed by atoms with Crippen LogP contribution in [0.4, 0.5) is 47.6 Å². The standard InChI is InChI=1S/C24H25N9O2.C23H25N9O2S.C23H24N8O.C22H22N8O/c25-23-26-12-17(13-27-23)19-20-21(30-24(29-19)31-8-10-35-11-9-31)33(15-28-20)18-6-7-32(14-18)22(34)16-4-2-1-3-5-16;1-14-2-3-17(35-14)21(33)31-5-4-16(12-31)32-13-27-19-18(15-10-25-22(24)26-11-15)28-23(29-20(19)32)30-6-8-34-9-7-30;24-22-25-12-17(13-26-22)19-20-21(29-23(28-19)30-7-9-32-10-8-30)31(14-27-20)18-6-5-15-3-1-2-4-16(15)11-18;23-21-24-11-16(12-25-21)18-19-20(28-22(27-18)29-5-7-31-8-6-29)30(13-26-19)17-9-14-3-1-2-4-15(14)10-17/h1-5,12-13,15,18H,6-11,14H2,(H2,25,26,27);2-3,10-11,13,16H,4-9,12H2,1H3,(H2,24,25,26);1-4,12-14,18H,5-11H2,(H2,24,25,26);1-4,11-13,17H,5-10H2,(H2,23,24,25). The van der Waals surface area contributed by atoms with Crippen LogP contribution in [-0.4, -0.2) is 271 Å². The van der Waals surface area contributed by atoms with E-state index in [2.05, 4.69) is 136 Å². The largest absolute Gasteiger partial charge is 0.378 e. The highest BCUT2D eigenvalue weighted by Crippen LogP contribution is 2.40. The Morgan fingerprint density at radius 1 is 0.331 bits per heavy atom. The van der Waals surface area contributed by atoms with Crippen LogP contribution in [0.15, 0.2) is 166 Å². The van der Waals surface area contributed by atoms with Gasteiger partial charge in [0, 0.05) is 173 Å². The minimum Gasteiger partial charge on any atom is -0.378 e. The number of likely N-dealkylation sites (tertiary alicyclic amines) is 2. The van der Waals surface area contributed by atoms with Gasteiger partial charge >= 0.3 is 0 Å². The minimum atomic E-state index is 0.0425. The Hall–Kier alpha value is -14.9. The highest BCUT2D eigenvalue weighted by molar-refractivity contribution is 7.13. The van der Waals surface area contributed by atoms with E-state index in [1.807, 2.05) is 71.8 Å². The first-order chi connectivity index (χ1) is 65.3. The number of nitrogen functional groups attached to an aromatic ring is 4. The zero-order valence-electron chi connectivity index (χ0n) is 73.1. The lowest BCUT2D eigenvalue weighted by Crippen LogP contribution is -2.37. The van der Waals surface area contributed by atoms with Gasteiger partial charge in [0.15, 0.2) is 22.6 Å². The first-order valence-electron chi connectivity index (χ1n) is 44.7. The highest BCUT2D eigenvalue weighted by atomic mass is 32.1. The van der Waals surface area contributed by atoms with Crippen molar-refractivity contribution in [2.75, 3.05) is 174 Å². The molecule has 24 rings (SSSR count). The zero-order chi connectivity index (χ0) is 90.0. The number of amides is 2. The average Bonchev–Trinajstić information content (AvgIpc) is 1.62. The number of hydrogen-bond acceptors (Lipinski definition) is 35. The van der Waals surface area contributed by atoms with Crippen molar-refractivity contribution in [1.82, 2.24) is 128 Å². The fourth-order valence-corrected chi connectivity index (χ4v) is 19.2. The summed E-state index contributed by atoms with van der Waals surface area (Å²) in [6, 6.07) is 31.3. The molecular weight excluding hydrogens is 1710 g/mol. The Labute approximate surface area is 766 Å². The molecule has 41 heteroatoms. The second-order valence-corrected chi connectivity index (χ2v) is 35.0. The number of rotatable bonds is 14. The molecule has 16 aromatic rings. The fraction of sp³-hybridized carbons (Fsp3) is 0.348. The highest BCUT2D eigenvalue weighted by Gasteiger charge is 2.36. The van der Waals surface area contributed by atoms with Crippen molar-refractivity contribution in [3.63, 3.8) is 0 Å². The third-order valence-corrected chi connectivity index (χ3v) is 26.4. The van der Waals surface area contributed by atoms with Gasteiger partial charge in [-0.1, -0.05) is 66.7 Å². The predicted molar refractivity (Wildman–Crippen MR) is 500 cm³/mol. The number of hydrogen-bond donors (Lipinski definition) is 4.